The van der Waals surface area contributed by atoms with Gasteiger partial charge in [-0.15, -0.1) is 0 Å². The van der Waals surface area contributed by atoms with Gasteiger partial charge in [0.05, 0.1) is 17.1 Å². The number of nitrogens with two attached hydrogens (primary N) is 1. The lowest BCUT2D eigenvalue weighted by atomic mass is 10.0. The Balaban J connectivity index is 2.92. The Morgan fingerprint density at radius 3 is 2.82 bits per heavy atom. The number of benzene rings is 1. The minimum Gasteiger partial charge on any atom is -0.464 e. The average molecular weight is 308 g/mol. The van der Waals surface area contributed by atoms with Crippen LogP contribution in [-0.4, -0.2) is 18.7 Å². The summed E-state index contributed by atoms with van der Waals surface area (Å²) in [6, 6.07) is 2.79. The van der Waals surface area contributed by atoms with Gasteiger partial charge in [-0.25, -0.2) is 13.6 Å². The molecule has 0 saturated carbocycles. The third kappa shape index (κ3) is 3.23. The molecule has 0 spiro atoms. The smallest absolute Gasteiger partial charge is 0.342 e. The van der Waals surface area contributed by atoms with E-state index < -0.39 is 24.0 Å². The van der Waals surface area contributed by atoms with Crippen molar-refractivity contribution in [3.63, 3.8) is 0 Å². The zero-order valence-corrected chi connectivity index (χ0v) is 10.7. The van der Waals surface area contributed by atoms with Crippen molar-refractivity contribution in [1.29, 1.82) is 0 Å². The highest BCUT2D eigenvalue weighted by atomic mass is 79.9. The normalized spacial score (nSPS) is 14.2. The molecule has 1 rings (SSSR count). The SMILES string of the molecule is CCOC(=O)C(F)[C@H](N)c1cccc(F)c1Br. The Morgan fingerprint density at radius 1 is 1.59 bits per heavy atom. The summed E-state index contributed by atoms with van der Waals surface area (Å²) in [6.07, 6.45) is -2.02. The summed E-state index contributed by atoms with van der Waals surface area (Å²) < 4.78 is 31.4. The molecular formula is C11H12BrF2NO2. The first-order valence-electron chi connectivity index (χ1n) is 4.99. The molecule has 3 nitrogen and oxygen atoms in total. The zero-order chi connectivity index (χ0) is 13.0. The molecule has 2 N–H and O–H groups in total. The molecule has 6 heteroatoms. The maximum atomic E-state index is 13.6. The fourth-order valence-corrected chi connectivity index (χ4v) is 1.83. The van der Waals surface area contributed by atoms with E-state index in [1.807, 2.05) is 0 Å². The van der Waals surface area contributed by atoms with Crippen molar-refractivity contribution in [2.75, 3.05) is 6.61 Å². The lowest BCUT2D eigenvalue weighted by Crippen LogP contribution is -2.31. The van der Waals surface area contributed by atoms with Crippen LogP contribution in [0.15, 0.2) is 22.7 Å². The Labute approximate surface area is 106 Å². The first kappa shape index (κ1) is 14.1. The van der Waals surface area contributed by atoms with Crippen LogP contribution in [0.25, 0.3) is 0 Å². The minimum atomic E-state index is -2.02. The highest BCUT2D eigenvalue weighted by Crippen LogP contribution is 2.28. The van der Waals surface area contributed by atoms with Gasteiger partial charge in [0.25, 0.3) is 0 Å². The molecule has 94 valence electrons. The van der Waals surface area contributed by atoms with E-state index in [2.05, 4.69) is 20.7 Å². The molecule has 0 amide bonds. The van der Waals surface area contributed by atoms with E-state index in [4.69, 9.17) is 5.73 Å². The number of rotatable bonds is 4. The van der Waals surface area contributed by atoms with Gasteiger partial charge in [0.1, 0.15) is 5.82 Å². The molecule has 0 aliphatic rings. The van der Waals surface area contributed by atoms with Gasteiger partial charge in [-0.05, 0) is 34.5 Å². The van der Waals surface area contributed by atoms with Crippen LogP contribution in [0, 0.1) is 5.82 Å². The molecule has 2 atom stereocenters. The molecule has 0 bridgehead atoms. The van der Waals surface area contributed by atoms with Gasteiger partial charge in [-0.3, -0.25) is 0 Å². The first-order valence-corrected chi connectivity index (χ1v) is 5.78. The van der Waals surface area contributed by atoms with Crippen molar-refractivity contribution in [2.24, 2.45) is 5.73 Å². The lowest BCUT2D eigenvalue weighted by molar-refractivity contribution is -0.149. The van der Waals surface area contributed by atoms with Crippen LogP contribution in [0.4, 0.5) is 8.78 Å². The van der Waals surface area contributed by atoms with E-state index >= 15 is 0 Å². The predicted molar refractivity (Wildman–Crippen MR) is 62.6 cm³/mol. The molecule has 0 aromatic heterocycles. The van der Waals surface area contributed by atoms with Crippen LogP contribution in [0.2, 0.25) is 0 Å². The van der Waals surface area contributed by atoms with Crippen molar-refractivity contribution < 1.29 is 18.3 Å². The molecule has 1 aromatic rings. The van der Waals surface area contributed by atoms with Gasteiger partial charge in [0.2, 0.25) is 6.17 Å². The maximum Gasteiger partial charge on any atom is 0.342 e. The molecule has 1 aromatic carbocycles. The fourth-order valence-electron chi connectivity index (χ4n) is 1.30. The molecule has 0 heterocycles. The molecule has 0 radical (unpaired) electrons. The standard InChI is InChI=1S/C11H12BrF2NO2/c1-2-17-11(16)9(14)10(15)6-4-3-5-7(13)8(6)12/h3-5,9-10H,2,15H2,1H3/t9?,10-/m1/s1. The second-order valence-corrected chi connectivity index (χ2v) is 4.12. The fraction of sp³-hybridized carbons (Fsp3) is 0.364. The topological polar surface area (TPSA) is 52.3 Å². The molecule has 0 fully saturated rings. The second-order valence-electron chi connectivity index (χ2n) is 3.32. The Kier molecular flexibility index (Phi) is 5.02. The van der Waals surface area contributed by atoms with Crippen LogP contribution < -0.4 is 5.73 Å². The number of carbonyl (C=O) groups is 1. The van der Waals surface area contributed by atoms with E-state index in [0.29, 0.717) is 0 Å². The summed E-state index contributed by atoms with van der Waals surface area (Å²) in [5, 5.41) is 0. The van der Waals surface area contributed by atoms with Gasteiger partial charge in [0.15, 0.2) is 0 Å². The Bertz CT molecular complexity index is 414. The van der Waals surface area contributed by atoms with Crippen molar-refractivity contribution in [2.45, 2.75) is 19.1 Å². The Morgan fingerprint density at radius 2 is 2.24 bits per heavy atom. The summed E-state index contributed by atoms with van der Waals surface area (Å²) in [7, 11) is 0. The molecule has 17 heavy (non-hydrogen) atoms. The molecule has 1 unspecified atom stereocenters. The van der Waals surface area contributed by atoms with E-state index in [-0.39, 0.29) is 16.6 Å². The molecule has 0 saturated heterocycles. The van der Waals surface area contributed by atoms with Gasteiger partial charge in [-0.1, -0.05) is 12.1 Å². The molecular weight excluding hydrogens is 296 g/mol. The van der Waals surface area contributed by atoms with Gasteiger partial charge in [-0.2, -0.15) is 0 Å². The van der Waals surface area contributed by atoms with Crippen molar-refractivity contribution >= 4 is 21.9 Å². The number of hydrogen-bond acceptors (Lipinski definition) is 3. The summed E-state index contributed by atoms with van der Waals surface area (Å²) in [4.78, 5) is 11.2. The van der Waals surface area contributed by atoms with Crippen molar-refractivity contribution in [1.82, 2.24) is 0 Å². The highest BCUT2D eigenvalue weighted by molar-refractivity contribution is 9.10. The maximum absolute atomic E-state index is 13.6. The van der Waals surface area contributed by atoms with Crippen molar-refractivity contribution in [3.8, 4) is 0 Å². The van der Waals surface area contributed by atoms with Crippen LogP contribution in [0.1, 0.15) is 18.5 Å². The number of hydrogen-bond donors (Lipinski definition) is 1. The van der Waals surface area contributed by atoms with E-state index in [1.54, 1.807) is 6.92 Å². The zero-order valence-electron chi connectivity index (χ0n) is 9.12. The number of ether oxygens (including phenoxy) is 1. The van der Waals surface area contributed by atoms with E-state index in [0.717, 1.165) is 0 Å². The predicted octanol–water partition coefficient (Wildman–Crippen LogP) is 2.49. The van der Waals surface area contributed by atoms with Crippen LogP contribution in [0.3, 0.4) is 0 Å². The van der Waals surface area contributed by atoms with Crippen LogP contribution >= 0.6 is 15.9 Å². The monoisotopic (exact) mass is 307 g/mol. The number of alkyl halides is 1. The first-order chi connectivity index (χ1) is 7.99. The average Bonchev–Trinajstić information content (AvgIpc) is 2.31. The largest absolute Gasteiger partial charge is 0.464 e. The molecule has 0 aliphatic carbocycles. The summed E-state index contributed by atoms with van der Waals surface area (Å²) in [6.45, 7) is 1.63. The quantitative estimate of drug-likeness (QED) is 0.870. The number of esters is 1. The number of carbonyl (C=O) groups excluding carboxylic acids is 1. The van der Waals surface area contributed by atoms with E-state index in [1.165, 1.54) is 18.2 Å². The Hall–Kier alpha value is -1.01. The summed E-state index contributed by atoms with van der Waals surface area (Å²) in [5.41, 5.74) is 5.75. The summed E-state index contributed by atoms with van der Waals surface area (Å²) in [5.74, 6) is -1.61. The minimum absolute atomic E-state index is 0.0550. The summed E-state index contributed by atoms with van der Waals surface area (Å²) >= 11 is 2.96. The van der Waals surface area contributed by atoms with Gasteiger partial charge in [0, 0.05) is 0 Å². The third-order valence-corrected chi connectivity index (χ3v) is 3.00. The van der Waals surface area contributed by atoms with Gasteiger partial charge < -0.3 is 10.5 Å². The highest BCUT2D eigenvalue weighted by Gasteiger charge is 2.29. The van der Waals surface area contributed by atoms with Crippen LogP contribution in [0.5, 0.6) is 0 Å². The number of halogens is 3. The van der Waals surface area contributed by atoms with Gasteiger partial charge >= 0.3 is 5.97 Å². The lowest BCUT2D eigenvalue weighted by Gasteiger charge is -2.17. The molecule has 0 aliphatic heterocycles. The van der Waals surface area contributed by atoms with Crippen LogP contribution in [-0.2, 0) is 9.53 Å². The third-order valence-electron chi connectivity index (χ3n) is 2.17. The van der Waals surface area contributed by atoms with E-state index in [9.17, 15) is 13.6 Å². The second kappa shape index (κ2) is 6.07. The van der Waals surface area contributed by atoms with Crippen molar-refractivity contribution in [3.05, 3.63) is 34.1 Å².